The SMILES string of the molecule is CCS(=O)(=O)N1CCCc2ccc(NS(=O)(=O)c3ccc(C(C)C)cc3)cc21. The molecule has 0 spiro atoms. The van der Waals surface area contributed by atoms with Gasteiger partial charge in [-0.05, 0) is 61.1 Å². The summed E-state index contributed by atoms with van der Waals surface area (Å²) < 4.78 is 54.3. The standard InChI is InChI=1S/C20H26N2O4S2/c1-4-27(23,24)22-13-5-6-17-7-10-18(14-20(17)22)21-28(25,26)19-11-8-16(9-12-19)15(2)3/h7-12,14-15,21H,4-6,13H2,1-3H3. The van der Waals surface area contributed by atoms with E-state index in [1.165, 1.54) is 4.31 Å². The number of rotatable bonds is 6. The smallest absolute Gasteiger partial charge is 0.261 e. The van der Waals surface area contributed by atoms with Gasteiger partial charge in [0.15, 0.2) is 0 Å². The van der Waals surface area contributed by atoms with E-state index in [0.29, 0.717) is 23.8 Å². The van der Waals surface area contributed by atoms with Crippen molar-refractivity contribution >= 4 is 31.4 Å². The molecule has 0 unspecified atom stereocenters. The van der Waals surface area contributed by atoms with Crippen molar-refractivity contribution in [1.82, 2.24) is 0 Å². The Bertz CT molecular complexity index is 1060. The predicted octanol–water partition coefficient (Wildman–Crippen LogP) is 3.71. The zero-order valence-corrected chi connectivity index (χ0v) is 18.0. The van der Waals surface area contributed by atoms with Crippen LogP contribution in [0.2, 0.25) is 0 Å². The molecule has 0 aliphatic carbocycles. The van der Waals surface area contributed by atoms with Gasteiger partial charge in [-0.3, -0.25) is 9.03 Å². The molecule has 8 heteroatoms. The van der Waals surface area contributed by atoms with E-state index >= 15 is 0 Å². The van der Waals surface area contributed by atoms with E-state index in [9.17, 15) is 16.8 Å². The van der Waals surface area contributed by atoms with Crippen molar-refractivity contribution in [3.8, 4) is 0 Å². The molecule has 3 rings (SSSR count). The molecule has 1 heterocycles. The maximum absolute atomic E-state index is 12.7. The fourth-order valence-electron chi connectivity index (χ4n) is 3.30. The number of hydrogen-bond donors (Lipinski definition) is 1. The van der Waals surface area contributed by atoms with E-state index in [0.717, 1.165) is 24.0 Å². The summed E-state index contributed by atoms with van der Waals surface area (Å²) in [7, 11) is -7.16. The van der Waals surface area contributed by atoms with Crippen LogP contribution in [0.5, 0.6) is 0 Å². The summed E-state index contributed by atoms with van der Waals surface area (Å²) >= 11 is 0. The van der Waals surface area contributed by atoms with Gasteiger partial charge in [-0.25, -0.2) is 16.8 Å². The second-order valence-corrected chi connectivity index (χ2v) is 11.1. The lowest BCUT2D eigenvalue weighted by Gasteiger charge is -2.30. The summed E-state index contributed by atoms with van der Waals surface area (Å²) in [6.45, 7) is 6.11. The summed E-state index contributed by atoms with van der Waals surface area (Å²) in [5.41, 5.74) is 2.88. The molecule has 0 radical (unpaired) electrons. The van der Waals surface area contributed by atoms with Gasteiger partial charge in [-0.15, -0.1) is 0 Å². The van der Waals surface area contributed by atoms with Crippen molar-refractivity contribution in [2.45, 2.75) is 44.4 Å². The fourth-order valence-corrected chi connectivity index (χ4v) is 5.53. The predicted molar refractivity (Wildman–Crippen MR) is 113 cm³/mol. The van der Waals surface area contributed by atoms with Gasteiger partial charge in [-0.1, -0.05) is 32.0 Å². The van der Waals surface area contributed by atoms with Crippen molar-refractivity contribution in [1.29, 1.82) is 0 Å². The molecule has 28 heavy (non-hydrogen) atoms. The Hall–Kier alpha value is -2.06. The first-order valence-electron chi connectivity index (χ1n) is 9.40. The first kappa shape index (κ1) is 20.7. The first-order valence-corrected chi connectivity index (χ1v) is 12.5. The summed E-state index contributed by atoms with van der Waals surface area (Å²) in [5, 5.41) is 0. The lowest BCUT2D eigenvalue weighted by molar-refractivity contribution is 0.587. The van der Waals surface area contributed by atoms with Crippen LogP contribution in [0.3, 0.4) is 0 Å². The zero-order valence-electron chi connectivity index (χ0n) is 16.3. The van der Waals surface area contributed by atoms with E-state index in [1.807, 2.05) is 26.0 Å². The van der Waals surface area contributed by atoms with Gasteiger partial charge >= 0.3 is 0 Å². The molecule has 0 aromatic heterocycles. The average Bonchev–Trinajstić information content (AvgIpc) is 2.67. The summed E-state index contributed by atoms with van der Waals surface area (Å²) in [5.74, 6) is 0.321. The highest BCUT2D eigenvalue weighted by molar-refractivity contribution is 7.93. The van der Waals surface area contributed by atoms with Crippen molar-refractivity contribution < 1.29 is 16.8 Å². The maximum Gasteiger partial charge on any atom is 0.261 e. The van der Waals surface area contributed by atoms with Crippen molar-refractivity contribution in [3.05, 3.63) is 53.6 Å². The second-order valence-electron chi connectivity index (χ2n) is 7.25. The minimum absolute atomic E-state index is 0.00456. The molecule has 1 aliphatic heterocycles. The Labute approximate surface area is 167 Å². The summed E-state index contributed by atoms with van der Waals surface area (Å²) in [4.78, 5) is 0.174. The Morgan fingerprint density at radius 2 is 1.71 bits per heavy atom. The van der Waals surface area contributed by atoms with E-state index in [4.69, 9.17) is 0 Å². The number of hydrogen-bond acceptors (Lipinski definition) is 4. The summed E-state index contributed by atoms with van der Waals surface area (Å²) in [6.07, 6.45) is 1.52. The molecule has 152 valence electrons. The summed E-state index contributed by atoms with van der Waals surface area (Å²) in [6, 6.07) is 11.9. The molecular formula is C20H26N2O4S2. The van der Waals surface area contributed by atoms with Gasteiger partial charge in [0, 0.05) is 6.54 Å². The van der Waals surface area contributed by atoms with Crippen LogP contribution in [0, 0.1) is 0 Å². The van der Waals surface area contributed by atoms with Crippen LogP contribution in [0.4, 0.5) is 11.4 Å². The van der Waals surface area contributed by atoms with Gasteiger partial charge in [0.25, 0.3) is 10.0 Å². The largest absolute Gasteiger partial charge is 0.280 e. The van der Waals surface area contributed by atoms with Crippen LogP contribution in [0.25, 0.3) is 0 Å². The number of nitrogens with one attached hydrogen (secondary N) is 1. The normalized spacial score (nSPS) is 14.8. The Morgan fingerprint density at radius 3 is 2.32 bits per heavy atom. The molecule has 0 fully saturated rings. The highest BCUT2D eigenvalue weighted by Gasteiger charge is 2.27. The Kier molecular flexibility index (Phi) is 5.72. The van der Waals surface area contributed by atoms with Gasteiger partial charge in [0.05, 0.1) is 22.0 Å². The van der Waals surface area contributed by atoms with Crippen LogP contribution in [-0.4, -0.2) is 29.1 Å². The third-order valence-electron chi connectivity index (χ3n) is 4.97. The van der Waals surface area contributed by atoms with Crippen LogP contribution < -0.4 is 9.03 Å². The first-order chi connectivity index (χ1) is 13.1. The lowest BCUT2D eigenvalue weighted by Crippen LogP contribution is -2.36. The molecule has 0 amide bonds. The van der Waals surface area contributed by atoms with Crippen LogP contribution in [-0.2, 0) is 26.5 Å². The monoisotopic (exact) mass is 422 g/mol. The third-order valence-corrected chi connectivity index (χ3v) is 8.15. The number of anilines is 2. The van der Waals surface area contributed by atoms with E-state index in [2.05, 4.69) is 4.72 Å². The van der Waals surface area contributed by atoms with Crippen LogP contribution in [0.1, 0.15) is 44.2 Å². The molecule has 1 aliphatic rings. The average molecular weight is 423 g/mol. The molecule has 0 atom stereocenters. The molecule has 2 aromatic rings. The van der Waals surface area contributed by atoms with Crippen LogP contribution >= 0.6 is 0 Å². The highest BCUT2D eigenvalue weighted by Crippen LogP contribution is 2.33. The van der Waals surface area contributed by atoms with E-state index in [-0.39, 0.29) is 10.6 Å². The minimum Gasteiger partial charge on any atom is -0.280 e. The Morgan fingerprint density at radius 1 is 1.04 bits per heavy atom. The van der Waals surface area contributed by atoms with Crippen molar-refractivity contribution in [2.75, 3.05) is 21.3 Å². The number of sulfonamides is 2. The quantitative estimate of drug-likeness (QED) is 0.769. The zero-order chi connectivity index (χ0) is 20.5. The molecule has 6 nitrogen and oxygen atoms in total. The van der Waals surface area contributed by atoms with Crippen molar-refractivity contribution in [3.63, 3.8) is 0 Å². The lowest BCUT2D eigenvalue weighted by atomic mass is 10.0. The topological polar surface area (TPSA) is 83.6 Å². The minimum atomic E-state index is -3.76. The molecule has 2 aromatic carbocycles. The van der Waals surface area contributed by atoms with E-state index < -0.39 is 20.0 Å². The number of aryl methyl sites for hydroxylation is 1. The van der Waals surface area contributed by atoms with Crippen molar-refractivity contribution in [2.24, 2.45) is 0 Å². The van der Waals surface area contributed by atoms with Gasteiger partial charge in [0.1, 0.15) is 0 Å². The van der Waals surface area contributed by atoms with Gasteiger partial charge in [-0.2, -0.15) is 0 Å². The molecule has 0 bridgehead atoms. The number of fused-ring (bicyclic) bond motifs is 1. The van der Waals surface area contributed by atoms with Gasteiger partial charge in [0.2, 0.25) is 10.0 Å². The maximum atomic E-state index is 12.7. The highest BCUT2D eigenvalue weighted by atomic mass is 32.2. The fraction of sp³-hybridized carbons (Fsp3) is 0.400. The molecule has 0 saturated heterocycles. The third kappa shape index (κ3) is 4.17. The molecule has 1 N–H and O–H groups in total. The number of benzene rings is 2. The second kappa shape index (κ2) is 7.75. The van der Waals surface area contributed by atoms with E-state index in [1.54, 1.807) is 37.3 Å². The molecule has 0 saturated carbocycles. The number of nitrogens with zero attached hydrogens (tertiary/aromatic N) is 1. The van der Waals surface area contributed by atoms with Crippen LogP contribution in [0.15, 0.2) is 47.4 Å². The Balaban J connectivity index is 1.92. The van der Waals surface area contributed by atoms with Gasteiger partial charge < -0.3 is 0 Å². The molecular weight excluding hydrogens is 396 g/mol.